The van der Waals surface area contributed by atoms with Crippen molar-refractivity contribution in [2.24, 2.45) is 0 Å². The summed E-state index contributed by atoms with van der Waals surface area (Å²) in [4.78, 5) is 24.8. The standard InChI is InChI=1S/C32H18F4N4O4S/c33-27-11-1-19(15-29(27)35)13-21(17-37)31(41)39-23-3-7-25(8-4-23)45(43,44)26-9-5-24(6-10-26)40-32(42)22(18-38)14-20-2-12-28(34)30(36)16-20/h1-16H,(H,39,41)(H,40,42)/b21-13+,22-14+. The van der Waals surface area contributed by atoms with Crippen LogP contribution in [0, 0.1) is 45.9 Å². The zero-order valence-corrected chi connectivity index (χ0v) is 23.5. The van der Waals surface area contributed by atoms with Crippen molar-refractivity contribution in [3.05, 3.63) is 130 Å². The van der Waals surface area contributed by atoms with Crippen LogP contribution < -0.4 is 10.6 Å². The molecule has 0 aliphatic rings. The highest BCUT2D eigenvalue weighted by Gasteiger charge is 2.19. The first kappa shape index (κ1) is 31.9. The number of nitrogens with zero attached hydrogens (tertiary/aromatic N) is 2. The van der Waals surface area contributed by atoms with Gasteiger partial charge in [-0.25, -0.2) is 26.0 Å². The maximum atomic E-state index is 13.5. The Bertz CT molecular complexity index is 1920. The Morgan fingerprint density at radius 1 is 0.578 bits per heavy atom. The number of carbonyl (C=O) groups is 2. The maximum Gasteiger partial charge on any atom is 0.266 e. The highest BCUT2D eigenvalue weighted by Crippen LogP contribution is 2.24. The molecule has 4 aromatic rings. The van der Waals surface area contributed by atoms with Crippen molar-refractivity contribution in [1.29, 1.82) is 10.5 Å². The first-order chi connectivity index (χ1) is 21.4. The third-order valence-corrected chi connectivity index (χ3v) is 7.87. The van der Waals surface area contributed by atoms with Gasteiger partial charge in [-0.15, -0.1) is 0 Å². The molecule has 0 fully saturated rings. The van der Waals surface area contributed by atoms with E-state index in [1.165, 1.54) is 60.7 Å². The van der Waals surface area contributed by atoms with Gasteiger partial charge in [0.1, 0.15) is 23.3 Å². The second kappa shape index (κ2) is 13.5. The highest BCUT2D eigenvalue weighted by molar-refractivity contribution is 7.91. The van der Waals surface area contributed by atoms with Crippen molar-refractivity contribution in [3.8, 4) is 12.1 Å². The molecule has 4 aromatic carbocycles. The van der Waals surface area contributed by atoms with Crippen LogP contribution >= 0.6 is 0 Å². The van der Waals surface area contributed by atoms with Crippen molar-refractivity contribution >= 4 is 45.2 Å². The topological polar surface area (TPSA) is 140 Å². The van der Waals surface area contributed by atoms with E-state index in [0.29, 0.717) is 0 Å². The number of nitrogens with one attached hydrogen (secondary N) is 2. The molecule has 0 aromatic heterocycles. The number of hydrogen-bond acceptors (Lipinski definition) is 6. The molecule has 0 bridgehead atoms. The Hall–Kier alpha value is -6.05. The largest absolute Gasteiger partial charge is 0.321 e. The van der Waals surface area contributed by atoms with Gasteiger partial charge in [-0.3, -0.25) is 9.59 Å². The Labute approximate surface area is 254 Å². The van der Waals surface area contributed by atoms with Gasteiger partial charge in [-0.05, 0) is 96.1 Å². The number of carbonyl (C=O) groups excluding carboxylic acids is 2. The van der Waals surface area contributed by atoms with Gasteiger partial charge in [0.15, 0.2) is 23.3 Å². The molecular formula is C32H18F4N4O4S. The van der Waals surface area contributed by atoms with Crippen LogP contribution in [-0.4, -0.2) is 20.2 Å². The molecule has 2 amide bonds. The smallest absolute Gasteiger partial charge is 0.266 e. The number of halogens is 4. The van der Waals surface area contributed by atoms with Crippen LogP contribution in [0.15, 0.2) is 106 Å². The second-order valence-electron chi connectivity index (χ2n) is 9.15. The van der Waals surface area contributed by atoms with Crippen molar-refractivity contribution in [2.45, 2.75) is 9.79 Å². The van der Waals surface area contributed by atoms with Crippen LogP contribution in [0.4, 0.5) is 28.9 Å². The van der Waals surface area contributed by atoms with Gasteiger partial charge < -0.3 is 10.6 Å². The number of rotatable bonds is 8. The summed E-state index contributed by atoms with van der Waals surface area (Å²) < 4.78 is 79.4. The van der Waals surface area contributed by atoms with E-state index >= 15 is 0 Å². The number of benzene rings is 4. The Morgan fingerprint density at radius 3 is 1.24 bits per heavy atom. The summed E-state index contributed by atoms with van der Waals surface area (Å²) in [6, 6.07) is 19.0. The quantitative estimate of drug-likeness (QED) is 0.136. The molecule has 224 valence electrons. The number of nitriles is 2. The molecule has 2 N–H and O–H groups in total. The Balaban J connectivity index is 1.44. The predicted octanol–water partition coefficient (Wildman–Crippen LogP) is 6.17. The molecule has 0 spiro atoms. The van der Waals surface area contributed by atoms with Crippen LogP contribution in [-0.2, 0) is 19.4 Å². The fourth-order valence-electron chi connectivity index (χ4n) is 3.80. The van der Waals surface area contributed by atoms with E-state index < -0.39 is 56.1 Å². The molecule has 0 atom stereocenters. The van der Waals surface area contributed by atoms with Crippen molar-refractivity contribution in [2.75, 3.05) is 10.6 Å². The average Bonchev–Trinajstić information content (AvgIpc) is 3.02. The van der Waals surface area contributed by atoms with Crippen molar-refractivity contribution in [1.82, 2.24) is 0 Å². The van der Waals surface area contributed by atoms with E-state index in [-0.39, 0.29) is 32.3 Å². The molecule has 0 heterocycles. The normalized spacial score (nSPS) is 11.7. The molecule has 0 saturated heterocycles. The minimum absolute atomic E-state index is 0.0799. The van der Waals surface area contributed by atoms with Crippen LogP contribution in [0.1, 0.15) is 11.1 Å². The summed E-state index contributed by atoms with van der Waals surface area (Å²) in [5, 5.41) is 23.5. The summed E-state index contributed by atoms with van der Waals surface area (Å²) in [6.45, 7) is 0. The van der Waals surface area contributed by atoms with Crippen molar-refractivity contribution in [3.63, 3.8) is 0 Å². The summed E-state index contributed by atoms with van der Waals surface area (Å²) in [6.07, 6.45) is 2.12. The zero-order valence-electron chi connectivity index (χ0n) is 22.7. The van der Waals surface area contributed by atoms with Gasteiger partial charge in [0.25, 0.3) is 11.8 Å². The molecule has 0 aliphatic heterocycles. The minimum Gasteiger partial charge on any atom is -0.321 e. The maximum absolute atomic E-state index is 13.5. The number of anilines is 2. The SMILES string of the molecule is N#C/C(=C\c1ccc(F)c(F)c1)C(=O)Nc1ccc(S(=O)(=O)c2ccc(NC(=O)/C(C#N)=C/c3ccc(F)c(F)c3)cc2)cc1. The molecule has 0 aliphatic carbocycles. The Morgan fingerprint density at radius 2 is 0.933 bits per heavy atom. The van der Waals surface area contributed by atoms with E-state index in [2.05, 4.69) is 10.6 Å². The van der Waals surface area contributed by atoms with Gasteiger partial charge >= 0.3 is 0 Å². The molecule has 4 rings (SSSR count). The number of sulfone groups is 1. The lowest BCUT2D eigenvalue weighted by molar-refractivity contribution is -0.113. The average molecular weight is 631 g/mol. The van der Waals surface area contributed by atoms with Crippen LogP contribution in [0.3, 0.4) is 0 Å². The number of amides is 2. The summed E-state index contributed by atoms with van der Waals surface area (Å²) in [5.74, 6) is -6.21. The lowest BCUT2D eigenvalue weighted by Gasteiger charge is -2.09. The molecule has 45 heavy (non-hydrogen) atoms. The van der Waals surface area contributed by atoms with Crippen molar-refractivity contribution < 1.29 is 35.6 Å². The minimum atomic E-state index is -4.05. The summed E-state index contributed by atoms with van der Waals surface area (Å²) in [7, 11) is -4.05. The monoisotopic (exact) mass is 630 g/mol. The van der Waals surface area contributed by atoms with Gasteiger partial charge in [-0.2, -0.15) is 10.5 Å². The molecule has 0 saturated carbocycles. The van der Waals surface area contributed by atoms with Crippen LogP contribution in [0.2, 0.25) is 0 Å². The van der Waals surface area contributed by atoms with E-state index in [0.717, 1.165) is 36.4 Å². The first-order valence-corrected chi connectivity index (χ1v) is 14.1. The molecule has 8 nitrogen and oxygen atoms in total. The third kappa shape index (κ3) is 7.67. The van der Waals surface area contributed by atoms with Gasteiger partial charge in [0, 0.05) is 11.4 Å². The van der Waals surface area contributed by atoms with Crippen LogP contribution in [0.5, 0.6) is 0 Å². The predicted molar refractivity (Wildman–Crippen MR) is 155 cm³/mol. The van der Waals surface area contributed by atoms with Crippen LogP contribution in [0.25, 0.3) is 12.2 Å². The molecular weight excluding hydrogens is 612 g/mol. The second-order valence-corrected chi connectivity index (χ2v) is 11.1. The van der Waals surface area contributed by atoms with Gasteiger partial charge in [0.05, 0.1) is 9.79 Å². The molecule has 0 unspecified atom stereocenters. The van der Waals surface area contributed by atoms with Gasteiger partial charge in [-0.1, -0.05) is 12.1 Å². The van der Waals surface area contributed by atoms with Gasteiger partial charge in [0.2, 0.25) is 9.84 Å². The van der Waals surface area contributed by atoms with E-state index in [4.69, 9.17) is 0 Å². The highest BCUT2D eigenvalue weighted by atomic mass is 32.2. The van der Waals surface area contributed by atoms with E-state index in [1.54, 1.807) is 12.1 Å². The lowest BCUT2D eigenvalue weighted by atomic mass is 10.1. The Kier molecular flexibility index (Phi) is 9.56. The summed E-state index contributed by atoms with van der Waals surface area (Å²) >= 11 is 0. The fraction of sp³-hybridized carbons (Fsp3) is 0. The summed E-state index contributed by atoms with van der Waals surface area (Å²) in [5.41, 5.74) is -0.368. The molecule has 0 radical (unpaired) electrons. The molecule has 13 heteroatoms. The fourth-order valence-corrected chi connectivity index (χ4v) is 5.06. The lowest BCUT2D eigenvalue weighted by Crippen LogP contribution is -2.14. The van der Waals surface area contributed by atoms with E-state index in [9.17, 15) is 46.1 Å². The zero-order chi connectivity index (χ0) is 32.7. The third-order valence-electron chi connectivity index (χ3n) is 6.08. The first-order valence-electron chi connectivity index (χ1n) is 12.6. The van der Waals surface area contributed by atoms with E-state index in [1.807, 2.05) is 0 Å². The number of hydrogen-bond donors (Lipinski definition) is 2.